The SMILES string of the molecule is C/C=C\C=C/c1ccccc1C.CC. The van der Waals surface area contributed by atoms with Crippen molar-refractivity contribution in [2.24, 2.45) is 0 Å². The summed E-state index contributed by atoms with van der Waals surface area (Å²) >= 11 is 0. The summed E-state index contributed by atoms with van der Waals surface area (Å²) < 4.78 is 0. The molecule has 1 aromatic rings. The van der Waals surface area contributed by atoms with Gasteiger partial charge in [-0.1, -0.05) is 62.4 Å². The molecule has 0 spiro atoms. The molecular formula is C14H20. The number of hydrogen-bond acceptors (Lipinski definition) is 0. The van der Waals surface area contributed by atoms with Gasteiger partial charge in [0.2, 0.25) is 0 Å². The van der Waals surface area contributed by atoms with Gasteiger partial charge in [-0.25, -0.2) is 0 Å². The second-order valence-electron chi connectivity index (χ2n) is 2.74. The first-order valence-electron chi connectivity index (χ1n) is 5.19. The van der Waals surface area contributed by atoms with Gasteiger partial charge in [0.15, 0.2) is 0 Å². The highest BCUT2D eigenvalue weighted by atomic mass is 13.9. The molecule has 0 amide bonds. The second kappa shape index (κ2) is 8.31. The average molecular weight is 188 g/mol. The highest BCUT2D eigenvalue weighted by Gasteiger charge is 1.88. The third-order valence-electron chi connectivity index (χ3n) is 1.77. The van der Waals surface area contributed by atoms with Crippen molar-refractivity contribution < 1.29 is 0 Å². The Hall–Kier alpha value is -1.30. The average Bonchev–Trinajstić information content (AvgIpc) is 2.24. The summed E-state index contributed by atoms with van der Waals surface area (Å²) in [5, 5.41) is 0. The summed E-state index contributed by atoms with van der Waals surface area (Å²) in [7, 11) is 0. The van der Waals surface area contributed by atoms with E-state index in [0.29, 0.717) is 0 Å². The van der Waals surface area contributed by atoms with E-state index >= 15 is 0 Å². The molecule has 0 bridgehead atoms. The van der Waals surface area contributed by atoms with Gasteiger partial charge in [0.05, 0.1) is 0 Å². The lowest BCUT2D eigenvalue weighted by atomic mass is 10.1. The van der Waals surface area contributed by atoms with Gasteiger partial charge in [0.25, 0.3) is 0 Å². The lowest BCUT2D eigenvalue weighted by molar-refractivity contribution is 1.44. The molecule has 0 aliphatic rings. The lowest BCUT2D eigenvalue weighted by Crippen LogP contribution is -1.76. The molecule has 1 aromatic carbocycles. The monoisotopic (exact) mass is 188 g/mol. The topological polar surface area (TPSA) is 0 Å². The molecule has 0 atom stereocenters. The molecule has 76 valence electrons. The maximum absolute atomic E-state index is 2.12. The molecule has 0 aliphatic heterocycles. The Kier molecular flexibility index (Phi) is 7.53. The third kappa shape index (κ3) is 4.66. The molecule has 0 saturated carbocycles. The van der Waals surface area contributed by atoms with Gasteiger partial charge in [-0.05, 0) is 25.0 Å². The standard InChI is InChI=1S/C12H14.C2H6/c1-3-4-5-9-12-10-7-6-8-11(12)2;1-2/h3-10H,1-2H3;1-2H3/b4-3-,9-5-;. The van der Waals surface area contributed by atoms with Crippen LogP contribution in [0.2, 0.25) is 0 Å². The van der Waals surface area contributed by atoms with Gasteiger partial charge in [-0.3, -0.25) is 0 Å². The first-order valence-corrected chi connectivity index (χ1v) is 5.19. The molecule has 1 rings (SSSR count). The van der Waals surface area contributed by atoms with Gasteiger partial charge >= 0.3 is 0 Å². The Balaban J connectivity index is 0.000000791. The zero-order valence-electron chi connectivity index (χ0n) is 9.62. The van der Waals surface area contributed by atoms with E-state index in [-0.39, 0.29) is 0 Å². The van der Waals surface area contributed by atoms with Crippen LogP contribution in [0.3, 0.4) is 0 Å². The van der Waals surface area contributed by atoms with Crippen LogP contribution in [-0.2, 0) is 0 Å². The maximum Gasteiger partial charge on any atom is -0.0227 e. The van der Waals surface area contributed by atoms with Crippen molar-refractivity contribution >= 4 is 6.08 Å². The first-order chi connectivity index (χ1) is 6.84. The summed E-state index contributed by atoms with van der Waals surface area (Å²) in [5.74, 6) is 0. The van der Waals surface area contributed by atoms with E-state index < -0.39 is 0 Å². The highest BCUT2D eigenvalue weighted by molar-refractivity contribution is 5.54. The van der Waals surface area contributed by atoms with Crippen molar-refractivity contribution in [3.8, 4) is 0 Å². The van der Waals surface area contributed by atoms with Crippen molar-refractivity contribution in [3.63, 3.8) is 0 Å². The second-order valence-corrected chi connectivity index (χ2v) is 2.74. The van der Waals surface area contributed by atoms with Crippen molar-refractivity contribution in [2.75, 3.05) is 0 Å². The molecule has 0 heteroatoms. The summed E-state index contributed by atoms with van der Waals surface area (Å²) in [6.07, 6.45) is 8.24. The molecule has 0 saturated heterocycles. The van der Waals surface area contributed by atoms with Gasteiger partial charge < -0.3 is 0 Å². The predicted octanol–water partition coefficient (Wildman–Crippen LogP) is 4.61. The predicted molar refractivity (Wildman–Crippen MR) is 66.4 cm³/mol. The van der Waals surface area contributed by atoms with E-state index in [9.17, 15) is 0 Å². The van der Waals surface area contributed by atoms with Gasteiger partial charge in [-0.15, -0.1) is 0 Å². The van der Waals surface area contributed by atoms with Crippen LogP contribution >= 0.6 is 0 Å². The minimum Gasteiger partial charge on any atom is -0.0877 e. The molecular weight excluding hydrogens is 168 g/mol. The Morgan fingerprint density at radius 3 is 2.21 bits per heavy atom. The van der Waals surface area contributed by atoms with Gasteiger partial charge in [0.1, 0.15) is 0 Å². The van der Waals surface area contributed by atoms with E-state index in [1.807, 2.05) is 32.9 Å². The van der Waals surface area contributed by atoms with Gasteiger partial charge in [-0.2, -0.15) is 0 Å². The summed E-state index contributed by atoms with van der Waals surface area (Å²) in [5.41, 5.74) is 2.61. The number of rotatable bonds is 2. The fraction of sp³-hybridized carbons (Fsp3) is 0.286. The third-order valence-corrected chi connectivity index (χ3v) is 1.77. The van der Waals surface area contributed by atoms with E-state index in [1.54, 1.807) is 0 Å². The lowest BCUT2D eigenvalue weighted by Gasteiger charge is -1.96. The van der Waals surface area contributed by atoms with E-state index in [2.05, 4.69) is 43.3 Å². The van der Waals surface area contributed by atoms with Crippen molar-refractivity contribution in [1.29, 1.82) is 0 Å². The number of aryl methyl sites for hydroxylation is 1. The number of hydrogen-bond donors (Lipinski definition) is 0. The zero-order valence-corrected chi connectivity index (χ0v) is 9.62. The summed E-state index contributed by atoms with van der Waals surface area (Å²) in [6, 6.07) is 8.36. The molecule has 0 radical (unpaired) electrons. The summed E-state index contributed by atoms with van der Waals surface area (Å²) in [6.45, 7) is 8.14. The van der Waals surface area contributed by atoms with Crippen molar-refractivity contribution in [2.45, 2.75) is 27.7 Å². The maximum atomic E-state index is 2.12. The molecule has 14 heavy (non-hydrogen) atoms. The smallest absolute Gasteiger partial charge is 0.0227 e. The van der Waals surface area contributed by atoms with Crippen LogP contribution in [0.5, 0.6) is 0 Å². The van der Waals surface area contributed by atoms with Crippen LogP contribution in [0.4, 0.5) is 0 Å². The number of benzene rings is 1. The van der Waals surface area contributed by atoms with Gasteiger partial charge in [0, 0.05) is 0 Å². The molecule has 0 N–H and O–H groups in total. The highest BCUT2D eigenvalue weighted by Crippen LogP contribution is 2.08. The molecule has 0 aliphatic carbocycles. The van der Waals surface area contributed by atoms with E-state index in [1.165, 1.54) is 11.1 Å². The minimum absolute atomic E-state index is 1.29. The normalized spacial score (nSPS) is 10.3. The summed E-state index contributed by atoms with van der Waals surface area (Å²) in [4.78, 5) is 0. The largest absolute Gasteiger partial charge is 0.0877 e. The molecule has 0 nitrogen and oxygen atoms in total. The molecule has 0 heterocycles. The molecule has 0 fully saturated rings. The first kappa shape index (κ1) is 12.7. The van der Waals surface area contributed by atoms with Crippen LogP contribution in [0.15, 0.2) is 42.5 Å². The Morgan fingerprint density at radius 2 is 1.64 bits per heavy atom. The van der Waals surface area contributed by atoms with E-state index in [4.69, 9.17) is 0 Å². The fourth-order valence-corrected chi connectivity index (χ4v) is 1.04. The zero-order chi connectivity index (χ0) is 10.8. The van der Waals surface area contributed by atoms with Crippen LogP contribution in [-0.4, -0.2) is 0 Å². The van der Waals surface area contributed by atoms with Crippen LogP contribution in [0.25, 0.3) is 6.08 Å². The Morgan fingerprint density at radius 1 is 1.00 bits per heavy atom. The van der Waals surface area contributed by atoms with Crippen molar-refractivity contribution in [3.05, 3.63) is 53.6 Å². The van der Waals surface area contributed by atoms with Crippen LogP contribution in [0, 0.1) is 6.92 Å². The minimum atomic E-state index is 1.29. The van der Waals surface area contributed by atoms with Crippen LogP contribution in [0.1, 0.15) is 31.9 Å². The fourth-order valence-electron chi connectivity index (χ4n) is 1.04. The van der Waals surface area contributed by atoms with Crippen molar-refractivity contribution in [1.82, 2.24) is 0 Å². The molecule has 0 aromatic heterocycles. The quantitative estimate of drug-likeness (QED) is 0.594. The Labute approximate surface area is 88.0 Å². The molecule has 0 unspecified atom stereocenters. The Bertz CT molecular complexity index is 293. The van der Waals surface area contributed by atoms with E-state index in [0.717, 1.165) is 0 Å². The number of allylic oxidation sites excluding steroid dienone is 3. The van der Waals surface area contributed by atoms with Crippen LogP contribution < -0.4 is 0 Å².